The summed E-state index contributed by atoms with van der Waals surface area (Å²) < 4.78 is 11.9. The topological polar surface area (TPSA) is 117 Å². The summed E-state index contributed by atoms with van der Waals surface area (Å²) in [6.07, 6.45) is 14.6. The van der Waals surface area contributed by atoms with Crippen LogP contribution in [0.4, 0.5) is 0 Å². The van der Waals surface area contributed by atoms with Gasteiger partial charge in [-0.2, -0.15) is 0 Å². The largest absolute Gasteiger partial charge is 0.461 e. The maximum Gasteiger partial charge on any atom is 0.313 e. The van der Waals surface area contributed by atoms with Crippen molar-refractivity contribution >= 4 is 29.0 Å². The third-order valence-corrected chi connectivity index (χ3v) is 18.0. The average molecular weight is 728 g/mol. The first-order chi connectivity index (χ1) is 24.5. The van der Waals surface area contributed by atoms with E-state index >= 15 is 4.79 Å². The summed E-state index contributed by atoms with van der Waals surface area (Å²) in [7, 11) is 0. The minimum Gasteiger partial charge on any atom is -0.461 e. The molecule has 1 amide bonds. The number of carbonyl (C=O) groups excluding carboxylic acids is 3. The summed E-state index contributed by atoms with van der Waals surface area (Å²) in [5, 5.41) is 26.3. The van der Waals surface area contributed by atoms with E-state index in [9.17, 15) is 19.8 Å². The molecule has 2 N–H and O–H groups in total. The van der Waals surface area contributed by atoms with Gasteiger partial charge >= 0.3 is 5.97 Å². The van der Waals surface area contributed by atoms with E-state index in [4.69, 9.17) is 9.15 Å². The van der Waals surface area contributed by atoms with Crippen LogP contribution in [0.25, 0.3) is 0 Å². The van der Waals surface area contributed by atoms with E-state index in [1.807, 2.05) is 37.1 Å². The molecule has 2 aromatic rings. The molecule has 3 heterocycles. The lowest BCUT2D eigenvalue weighted by Crippen LogP contribution is -2.68. The third kappa shape index (κ3) is 3.98. The lowest BCUT2D eigenvalue weighted by Gasteiger charge is -2.71. The lowest BCUT2D eigenvalue weighted by atomic mass is 9.32. The number of hydrogen-bond acceptors (Lipinski definition) is 8. The van der Waals surface area contributed by atoms with E-state index < -0.39 is 44.4 Å². The summed E-state index contributed by atoms with van der Waals surface area (Å²) in [4.78, 5) is 46.0. The number of rotatable bonds is 8. The fourth-order valence-corrected chi connectivity index (χ4v) is 14.1. The van der Waals surface area contributed by atoms with Gasteiger partial charge in [0.15, 0.2) is 11.4 Å². The zero-order valence-corrected chi connectivity index (χ0v) is 32.0. The molecule has 278 valence electrons. The van der Waals surface area contributed by atoms with E-state index in [0.29, 0.717) is 50.8 Å². The van der Waals surface area contributed by atoms with Gasteiger partial charge in [0.25, 0.3) is 5.91 Å². The molecule has 9 heteroatoms. The first-order valence-electron chi connectivity index (χ1n) is 19.5. The second kappa shape index (κ2) is 10.8. The van der Waals surface area contributed by atoms with Crippen molar-refractivity contribution in [3.8, 4) is 0 Å². The highest BCUT2D eigenvalue weighted by Crippen LogP contribution is 2.78. The minimum atomic E-state index is -1.27. The molecule has 52 heavy (non-hydrogen) atoms. The highest BCUT2D eigenvalue weighted by molar-refractivity contribution is 7.09. The Morgan fingerprint density at radius 2 is 1.69 bits per heavy atom. The number of Topliss-reactive ketones (excluding diaryl/α,β-unsaturated/α-hetero) is 1. The van der Waals surface area contributed by atoms with Gasteiger partial charge < -0.3 is 24.3 Å². The van der Waals surface area contributed by atoms with Crippen LogP contribution in [0.15, 0.2) is 64.1 Å². The molecule has 1 aliphatic heterocycles. The Hall–Kier alpha value is -3.01. The number of thiophene rings is 1. The molecule has 4 bridgehead atoms. The summed E-state index contributed by atoms with van der Waals surface area (Å²) in [6.45, 7) is 11.0. The number of aliphatic hydroxyl groups excluding tert-OH is 1. The molecule has 4 saturated carbocycles. The predicted molar refractivity (Wildman–Crippen MR) is 196 cm³/mol. The number of carbonyl (C=O) groups is 3. The van der Waals surface area contributed by atoms with Crippen LogP contribution in [0.5, 0.6) is 0 Å². The minimum absolute atomic E-state index is 0.0601. The van der Waals surface area contributed by atoms with E-state index in [0.717, 1.165) is 36.1 Å². The number of fused-ring (bicyclic) bond motifs is 3. The number of hydrogen-bond donors (Lipinski definition) is 2. The molecule has 1 unspecified atom stereocenters. The van der Waals surface area contributed by atoms with Crippen molar-refractivity contribution in [1.29, 1.82) is 0 Å². The third-order valence-electron chi connectivity index (χ3n) is 17.1. The van der Waals surface area contributed by atoms with Crippen molar-refractivity contribution in [2.24, 2.45) is 44.3 Å². The van der Waals surface area contributed by atoms with Crippen LogP contribution in [-0.2, 0) is 20.7 Å². The summed E-state index contributed by atoms with van der Waals surface area (Å²) >= 11 is 1.66. The summed E-state index contributed by atoms with van der Waals surface area (Å²) in [5.41, 5.74) is -5.03. The highest BCUT2D eigenvalue weighted by Gasteiger charge is 2.78. The van der Waals surface area contributed by atoms with Gasteiger partial charge in [0.2, 0.25) is 5.78 Å². The SMILES string of the molecule is CC1(C)[C@@]2(C)CC[C@]1(C(=O)N(CCc1cccs1)C[C@]1(O)CC[C@H]3[C@]45C=C[C@@]6(C=C4C(=O)c4ccco4)CC(O)CC[C@]6(C)[C@H]5CC[C@@]31C)OC2=O. The average Bonchev–Trinajstić information content (AvgIpc) is 3.93. The van der Waals surface area contributed by atoms with Crippen molar-refractivity contribution in [1.82, 2.24) is 4.90 Å². The fourth-order valence-electron chi connectivity index (χ4n) is 13.4. The number of allylic oxidation sites excluding steroid dienone is 4. The second-order valence-electron chi connectivity index (χ2n) is 18.8. The van der Waals surface area contributed by atoms with Crippen LogP contribution in [0.3, 0.4) is 0 Å². The van der Waals surface area contributed by atoms with Crippen LogP contribution in [0, 0.1) is 44.3 Å². The molecule has 5 fully saturated rings. The van der Waals surface area contributed by atoms with Gasteiger partial charge in [-0.25, -0.2) is 0 Å². The molecule has 10 rings (SSSR count). The van der Waals surface area contributed by atoms with Gasteiger partial charge in [0, 0.05) is 38.7 Å². The molecule has 10 atom stereocenters. The van der Waals surface area contributed by atoms with Crippen molar-refractivity contribution in [2.75, 3.05) is 13.1 Å². The predicted octanol–water partition coefficient (Wildman–Crippen LogP) is 7.31. The zero-order valence-electron chi connectivity index (χ0n) is 31.2. The molecule has 8 nitrogen and oxygen atoms in total. The number of nitrogens with zero attached hydrogens (tertiary/aromatic N) is 1. The van der Waals surface area contributed by atoms with Crippen molar-refractivity contribution in [3.63, 3.8) is 0 Å². The van der Waals surface area contributed by atoms with E-state index in [1.54, 1.807) is 29.7 Å². The number of esters is 1. The Balaban J connectivity index is 1.11. The van der Waals surface area contributed by atoms with Crippen LogP contribution in [0.1, 0.15) is 108 Å². The molecular formula is C43H53NO7S. The number of aliphatic hydroxyl groups is 2. The first-order valence-corrected chi connectivity index (χ1v) is 20.4. The quantitative estimate of drug-likeness (QED) is 0.166. The molecule has 2 aromatic heterocycles. The Bertz CT molecular complexity index is 1900. The number of furan rings is 1. The van der Waals surface area contributed by atoms with Crippen LogP contribution >= 0.6 is 11.3 Å². The first kappa shape index (κ1) is 34.7. The van der Waals surface area contributed by atoms with Crippen LogP contribution in [0.2, 0.25) is 0 Å². The van der Waals surface area contributed by atoms with Gasteiger partial charge in [-0.05, 0) is 112 Å². The van der Waals surface area contributed by atoms with Gasteiger partial charge in [0.1, 0.15) is 0 Å². The normalized spacial score (nSPS) is 44.9. The monoisotopic (exact) mass is 727 g/mol. The molecule has 1 saturated heterocycles. The van der Waals surface area contributed by atoms with Crippen molar-refractivity contribution in [3.05, 3.63) is 70.3 Å². The zero-order chi connectivity index (χ0) is 36.7. The van der Waals surface area contributed by atoms with E-state index in [-0.39, 0.29) is 41.5 Å². The maximum absolute atomic E-state index is 15.1. The highest BCUT2D eigenvalue weighted by atomic mass is 32.1. The fraction of sp³-hybridized carbons (Fsp3) is 0.651. The van der Waals surface area contributed by atoms with Crippen molar-refractivity contribution < 1.29 is 33.8 Å². The molecular weight excluding hydrogens is 675 g/mol. The van der Waals surface area contributed by atoms with Crippen LogP contribution < -0.4 is 0 Å². The lowest BCUT2D eigenvalue weighted by molar-refractivity contribution is -0.187. The Morgan fingerprint density at radius 1 is 0.942 bits per heavy atom. The van der Waals surface area contributed by atoms with Crippen LogP contribution in [-0.4, -0.2) is 63.2 Å². The Labute approximate surface area is 310 Å². The van der Waals surface area contributed by atoms with Gasteiger partial charge in [0.05, 0.1) is 29.9 Å². The number of ether oxygens (including phenoxy) is 1. The molecule has 8 aliphatic rings. The standard InChI is InChI=1S/C43H53NO7S/c1-36(2)39(5)17-20-43(36,51-35(39)48)34(47)44(21-13-28-8-7-23-52-28)26-41(49)16-12-32-38(41,4)15-11-31-37(3)14-10-27(45)24-40(37)18-19-42(31,32)29(25-40)33(46)30-9-6-22-50-30/h6-9,18-19,22-23,25,27,31-32,45,49H,10-17,20-21,24,26H2,1-5H3/t27?,31-,32-,37-,38+,39+,40+,41-,42-,43-/m1/s1. The Kier molecular flexibility index (Phi) is 7.22. The molecule has 7 aliphatic carbocycles. The number of ketones is 1. The van der Waals surface area contributed by atoms with Crippen molar-refractivity contribution in [2.45, 2.75) is 116 Å². The molecule has 0 aromatic carbocycles. The maximum atomic E-state index is 15.1. The van der Waals surface area contributed by atoms with Gasteiger partial charge in [-0.15, -0.1) is 11.3 Å². The number of amides is 1. The van der Waals surface area contributed by atoms with E-state index in [2.05, 4.69) is 38.1 Å². The molecule has 2 spiro atoms. The Morgan fingerprint density at radius 3 is 2.37 bits per heavy atom. The van der Waals surface area contributed by atoms with E-state index in [1.165, 1.54) is 0 Å². The molecule has 0 radical (unpaired) electrons. The smallest absolute Gasteiger partial charge is 0.313 e. The van der Waals surface area contributed by atoms with Gasteiger partial charge in [-0.1, -0.05) is 52.0 Å². The van der Waals surface area contributed by atoms with Gasteiger partial charge in [-0.3, -0.25) is 14.4 Å². The summed E-state index contributed by atoms with van der Waals surface area (Å²) in [6, 6.07) is 7.58. The second-order valence-corrected chi connectivity index (χ2v) is 19.9. The summed E-state index contributed by atoms with van der Waals surface area (Å²) in [5.74, 6) is -0.199.